The number of nitrogens with one attached hydrogen (secondary N) is 2. The summed E-state index contributed by atoms with van der Waals surface area (Å²) in [5.41, 5.74) is 5.01. The molecular weight excluding hydrogens is 577 g/mol. The minimum atomic E-state index is -0.666. The fourth-order valence-electron chi connectivity index (χ4n) is 3.62. The number of carbonyl (C=O) groups is 3. The summed E-state index contributed by atoms with van der Waals surface area (Å²) in [6.45, 7) is 2.12. The van der Waals surface area contributed by atoms with Crippen molar-refractivity contribution in [1.82, 2.24) is 5.43 Å². The Labute approximate surface area is 252 Å². The summed E-state index contributed by atoms with van der Waals surface area (Å²) in [6, 6.07) is 25.2. The van der Waals surface area contributed by atoms with Gasteiger partial charge in [-0.05, 0) is 84.8 Å². The fourth-order valence-corrected chi connectivity index (χ4v) is 4.11. The van der Waals surface area contributed by atoms with Gasteiger partial charge in [0.05, 0.1) is 23.4 Å². The number of esters is 1. The summed E-state index contributed by atoms with van der Waals surface area (Å²) in [5.74, 6) is -0.898. The highest BCUT2D eigenvalue weighted by Gasteiger charge is 2.16. The van der Waals surface area contributed by atoms with Gasteiger partial charge in [-0.25, -0.2) is 10.2 Å². The summed E-state index contributed by atoms with van der Waals surface area (Å²) in [5, 5.41) is 7.32. The lowest BCUT2D eigenvalue weighted by Gasteiger charge is -2.12. The van der Waals surface area contributed by atoms with Crippen molar-refractivity contribution in [2.45, 2.75) is 6.92 Å². The first-order chi connectivity index (χ1) is 20.3. The Bertz CT molecular complexity index is 1640. The summed E-state index contributed by atoms with van der Waals surface area (Å²) in [4.78, 5) is 37.3. The molecule has 0 saturated carbocycles. The first-order valence-corrected chi connectivity index (χ1v) is 13.5. The molecule has 10 heteroatoms. The van der Waals surface area contributed by atoms with Crippen LogP contribution in [0, 0.1) is 0 Å². The molecule has 0 unspecified atom stereocenters. The van der Waals surface area contributed by atoms with Crippen LogP contribution in [0.1, 0.15) is 38.8 Å². The molecule has 0 aliphatic rings. The van der Waals surface area contributed by atoms with Crippen LogP contribution in [0.4, 0.5) is 5.69 Å². The normalized spacial score (nSPS) is 10.9. The molecule has 4 rings (SSSR count). The lowest BCUT2D eigenvalue weighted by Crippen LogP contribution is -2.17. The highest BCUT2D eigenvalue weighted by Crippen LogP contribution is 2.30. The largest absolute Gasteiger partial charge is 0.490 e. The standard InChI is InChI=1S/C32H25Cl2N3O5/c1-2-41-29-18-22(8-16-28(29)42-32(40)26-15-12-24(33)19-27(26)34)20-35-37-31(39)23-10-13-25(14-11-23)36-30(38)17-9-21-6-4-3-5-7-21/h3-20H,2H2,1H3,(H,36,38)(H,37,39)/b17-9+,35-20-. The van der Waals surface area contributed by atoms with E-state index in [0.717, 1.165) is 5.56 Å². The van der Waals surface area contributed by atoms with Crippen molar-refractivity contribution >= 4 is 59.0 Å². The highest BCUT2D eigenvalue weighted by molar-refractivity contribution is 6.36. The molecule has 0 saturated heterocycles. The van der Waals surface area contributed by atoms with E-state index in [1.165, 1.54) is 24.4 Å². The molecule has 0 fully saturated rings. The number of nitrogens with zero attached hydrogens (tertiary/aromatic N) is 1. The summed E-state index contributed by atoms with van der Waals surface area (Å²) >= 11 is 12.0. The van der Waals surface area contributed by atoms with Gasteiger partial charge in [0.1, 0.15) is 0 Å². The Morgan fingerprint density at radius 3 is 2.33 bits per heavy atom. The van der Waals surface area contributed by atoms with E-state index < -0.39 is 11.9 Å². The molecule has 0 spiro atoms. The third-order valence-corrected chi connectivity index (χ3v) is 6.19. The SMILES string of the molecule is CCOc1cc(/C=N\NC(=O)c2ccc(NC(=O)/C=C/c3ccccc3)cc2)ccc1OC(=O)c1ccc(Cl)cc1Cl. The number of rotatable bonds is 10. The molecule has 0 atom stereocenters. The maximum atomic E-state index is 12.6. The average molecular weight is 602 g/mol. The van der Waals surface area contributed by atoms with Gasteiger partial charge in [0.15, 0.2) is 11.5 Å². The molecule has 8 nitrogen and oxygen atoms in total. The zero-order valence-electron chi connectivity index (χ0n) is 22.3. The molecule has 0 radical (unpaired) electrons. The van der Waals surface area contributed by atoms with Crippen LogP contribution in [0.2, 0.25) is 10.0 Å². The summed E-state index contributed by atoms with van der Waals surface area (Å²) in [6.07, 6.45) is 4.58. The number of hydrogen-bond donors (Lipinski definition) is 2. The Kier molecular flexibility index (Phi) is 10.5. The van der Waals surface area contributed by atoms with Gasteiger partial charge in [-0.15, -0.1) is 0 Å². The van der Waals surface area contributed by atoms with Gasteiger partial charge < -0.3 is 14.8 Å². The van der Waals surface area contributed by atoms with E-state index >= 15 is 0 Å². The maximum Gasteiger partial charge on any atom is 0.345 e. The monoisotopic (exact) mass is 601 g/mol. The van der Waals surface area contributed by atoms with E-state index in [-0.39, 0.29) is 22.2 Å². The number of hydrogen-bond acceptors (Lipinski definition) is 6. The number of halogens is 2. The average Bonchev–Trinajstić information content (AvgIpc) is 2.98. The quantitative estimate of drug-likeness (QED) is 0.0667. The summed E-state index contributed by atoms with van der Waals surface area (Å²) in [7, 11) is 0. The zero-order valence-corrected chi connectivity index (χ0v) is 23.9. The summed E-state index contributed by atoms with van der Waals surface area (Å²) < 4.78 is 11.1. The third-order valence-electron chi connectivity index (χ3n) is 5.64. The number of hydrazone groups is 1. The van der Waals surface area contributed by atoms with E-state index in [4.69, 9.17) is 32.7 Å². The van der Waals surface area contributed by atoms with E-state index in [0.29, 0.717) is 34.2 Å². The van der Waals surface area contributed by atoms with Crippen LogP contribution in [0.5, 0.6) is 11.5 Å². The lowest BCUT2D eigenvalue weighted by molar-refractivity contribution is -0.111. The number of amides is 2. The van der Waals surface area contributed by atoms with Crippen molar-refractivity contribution in [3.63, 3.8) is 0 Å². The van der Waals surface area contributed by atoms with Crippen LogP contribution < -0.4 is 20.2 Å². The molecule has 0 bridgehead atoms. The minimum absolute atomic E-state index is 0.159. The molecule has 0 aromatic heterocycles. The molecule has 0 aliphatic carbocycles. The minimum Gasteiger partial charge on any atom is -0.490 e. The smallest absolute Gasteiger partial charge is 0.345 e. The van der Waals surface area contributed by atoms with Gasteiger partial charge in [0, 0.05) is 22.3 Å². The first kappa shape index (κ1) is 30.0. The molecule has 212 valence electrons. The van der Waals surface area contributed by atoms with Gasteiger partial charge in [0.2, 0.25) is 5.91 Å². The van der Waals surface area contributed by atoms with Crippen molar-refractivity contribution < 1.29 is 23.9 Å². The third kappa shape index (κ3) is 8.54. The number of anilines is 1. The van der Waals surface area contributed by atoms with Crippen molar-refractivity contribution in [3.05, 3.63) is 129 Å². The van der Waals surface area contributed by atoms with Crippen LogP contribution in [-0.2, 0) is 4.79 Å². The van der Waals surface area contributed by atoms with Crippen LogP contribution in [0.25, 0.3) is 6.08 Å². The number of ether oxygens (including phenoxy) is 2. The molecule has 2 amide bonds. The predicted molar refractivity (Wildman–Crippen MR) is 165 cm³/mol. The lowest BCUT2D eigenvalue weighted by atomic mass is 10.2. The number of benzene rings is 4. The van der Waals surface area contributed by atoms with Crippen molar-refractivity contribution in [3.8, 4) is 11.5 Å². The second-order valence-electron chi connectivity index (χ2n) is 8.66. The number of carbonyl (C=O) groups excluding carboxylic acids is 3. The van der Waals surface area contributed by atoms with E-state index in [1.807, 2.05) is 30.3 Å². The first-order valence-electron chi connectivity index (χ1n) is 12.7. The molecule has 42 heavy (non-hydrogen) atoms. The van der Waals surface area contributed by atoms with Crippen LogP contribution in [-0.4, -0.2) is 30.6 Å². The Morgan fingerprint density at radius 2 is 1.62 bits per heavy atom. The van der Waals surface area contributed by atoms with Gasteiger partial charge in [0.25, 0.3) is 5.91 Å². The Morgan fingerprint density at radius 1 is 0.857 bits per heavy atom. The van der Waals surface area contributed by atoms with Gasteiger partial charge in [-0.2, -0.15) is 5.10 Å². The van der Waals surface area contributed by atoms with Crippen LogP contribution >= 0.6 is 23.2 Å². The fraction of sp³-hybridized carbons (Fsp3) is 0.0625. The van der Waals surface area contributed by atoms with E-state index in [1.54, 1.807) is 61.5 Å². The molecule has 2 N–H and O–H groups in total. The van der Waals surface area contributed by atoms with Gasteiger partial charge in [-0.3, -0.25) is 9.59 Å². The van der Waals surface area contributed by atoms with Crippen LogP contribution in [0.15, 0.2) is 102 Å². The van der Waals surface area contributed by atoms with Crippen molar-refractivity contribution in [2.75, 3.05) is 11.9 Å². The Hall–Kier alpha value is -4.92. The van der Waals surface area contributed by atoms with E-state index in [2.05, 4.69) is 15.8 Å². The predicted octanol–water partition coefficient (Wildman–Crippen LogP) is 7.03. The van der Waals surface area contributed by atoms with Crippen molar-refractivity contribution in [2.24, 2.45) is 5.10 Å². The molecular formula is C32H25Cl2N3O5. The Balaban J connectivity index is 1.34. The molecule has 4 aromatic carbocycles. The molecule has 0 aliphatic heterocycles. The second-order valence-corrected chi connectivity index (χ2v) is 9.51. The molecule has 0 heterocycles. The maximum absolute atomic E-state index is 12.6. The molecule has 4 aromatic rings. The zero-order chi connectivity index (χ0) is 29.9. The topological polar surface area (TPSA) is 106 Å². The van der Waals surface area contributed by atoms with E-state index in [9.17, 15) is 14.4 Å². The van der Waals surface area contributed by atoms with Gasteiger partial charge >= 0.3 is 5.97 Å². The van der Waals surface area contributed by atoms with Crippen molar-refractivity contribution in [1.29, 1.82) is 0 Å². The second kappa shape index (κ2) is 14.6. The highest BCUT2D eigenvalue weighted by atomic mass is 35.5. The van der Waals surface area contributed by atoms with Gasteiger partial charge in [-0.1, -0.05) is 53.5 Å². The van der Waals surface area contributed by atoms with Crippen LogP contribution in [0.3, 0.4) is 0 Å².